The first-order valence-electron chi connectivity index (χ1n) is 10.9. The van der Waals surface area contributed by atoms with Gasteiger partial charge in [-0.25, -0.2) is 9.97 Å². The van der Waals surface area contributed by atoms with Crippen LogP contribution in [0.3, 0.4) is 0 Å². The molecule has 0 aliphatic carbocycles. The van der Waals surface area contributed by atoms with E-state index in [1.807, 2.05) is 23.2 Å². The van der Waals surface area contributed by atoms with Crippen molar-refractivity contribution in [2.24, 2.45) is 0 Å². The van der Waals surface area contributed by atoms with E-state index in [1.165, 1.54) is 18.5 Å². The minimum Gasteiger partial charge on any atom is -0.351 e. The number of aromatic nitrogens is 3. The summed E-state index contributed by atoms with van der Waals surface area (Å²) in [4.78, 5) is 16.2. The van der Waals surface area contributed by atoms with E-state index in [1.54, 1.807) is 11.9 Å². The highest BCUT2D eigenvalue weighted by Crippen LogP contribution is 2.39. The minimum absolute atomic E-state index is 0.152. The molecule has 4 rings (SSSR count). The van der Waals surface area contributed by atoms with E-state index in [9.17, 15) is 13.2 Å². The fraction of sp³-hybridized carbons (Fsp3) is 0.375. The number of nitrogens with zero attached hydrogens (tertiary/aromatic N) is 5. The van der Waals surface area contributed by atoms with Gasteiger partial charge in [0.2, 0.25) is 5.82 Å². The van der Waals surface area contributed by atoms with Crippen LogP contribution in [0.2, 0.25) is 0 Å². The lowest BCUT2D eigenvalue weighted by molar-refractivity contribution is -0.137. The average Bonchev–Trinajstić information content (AvgIpc) is 3.29. The Balaban J connectivity index is 1.56. The van der Waals surface area contributed by atoms with Crippen molar-refractivity contribution in [3.63, 3.8) is 0 Å². The summed E-state index contributed by atoms with van der Waals surface area (Å²) in [7, 11) is 1.74. The Kier molecular flexibility index (Phi) is 6.49. The van der Waals surface area contributed by atoms with Gasteiger partial charge >= 0.3 is 6.18 Å². The van der Waals surface area contributed by atoms with E-state index < -0.39 is 17.6 Å². The summed E-state index contributed by atoms with van der Waals surface area (Å²) in [5.74, 6) is -0.244. The number of aryl methyl sites for hydroxylation is 1. The summed E-state index contributed by atoms with van der Waals surface area (Å²) in [6, 6.07) is 8.72. The van der Waals surface area contributed by atoms with Crippen molar-refractivity contribution in [2.75, 3.05) is 23.4 Å². The van der Waals surface area contributed by atoms with E-state index in [0.717, 1.165) is 36.2 Å². The van der Waals surface area contributed by atoms with Gasteiger partial charge < -0.3 is 9.80 Å². The predicted molar refractivity (Wildman–Crippen MR) is 118 cm³/mol. The zero-order valence-corrected chi connectivity index (χ0v) is 18.5. The highest BCUT2D eigenvalue weighted by Gasteiger charge is 2.33. The maximum atomic E-state index is 15.5. The number of hydrogen-bond acceptors (Lipinski definition) is 5. The number of alkyl halides is 3. The molecule has 174 valence electrons. The molecule has 0 saturated carbocycles. The molecule has 9 heteroatoms. The summed E-state index contributed by atoms with van der Waals surface area (Å²) >= 11 is 0. The molecule has 33 heavy (non-hydrogen) atoms. The van der Waals surface area contributed by atoms with Gasteiger partial charge in [0.25, 0.3) is 0 Å². The third-order valence-corrected chi connectivity index (χ3v) is 5.96. The van der Waals surface area contributed by atoms with Crippen LogP contribution in [0.4, 0.5) is 29.2 Å². The number of pyridine rings is 1. The monoisotopic (exact) mass is 459 g/mol. The van der Waals surface area contributed by atoms with E-state index in [0.29, 0.717) is 25.1 Å². The summed E-state index contributed by atoms with van der Waals surface area (Å²) in [5, 5.41) is 0. The molecule has 5 nitrogen and oxygen atoms in total. The third kappa shape index (κ3) is 4.91. The van der Waals surface area contributed by atoms with Gasteiger partial charge in [-0.05, 0) is 48.6 Å². The molecular formula is C24H25F4N5. The van der Waals surface area contributed by atoms with Crippen LogP contribution in [0.5, 0.6) is 0 Å². The fourth-order valence-electron chi connectivity index (χ4n) is 4.15. The van der Waals surface area contributed by atoms with Crippen molar-refractivity contribution in [3.8, 4) is 0 Å². The summed E-state index contributed by atoms with van der Waals surface area (Å²) in [6.45, 7) is 2.99. The number of hydrogen-bond donors (Lipinski definition) is 0. The van der Waals surface area contributed by atoms with Crippen LogP contribution in [0.15, 0.2) is 48.9 Å². The van der Waals surface area contributed by atoms with Crippen molar-refractivity contribution in [1.29, 1.82) is 0 Å². The lowest BCUT2D eigenvalue weighted by Crippen LogP contribution is -2.27. The van der Waals surface area contributed by atoms with Gasteiger partial charge in [0, 0.05) is 19.8 Å². The Morgan fingerprint density at radius 3 is 2.45 bits per heavy atom. The fourth-order valence-corrected chi connectivity index (χ4v) is 4.15. The van der Waals surface area contributed by atoms with Gasteiger partial charge in [-0.3, -0.25) is 4.98 Å². The first kappa shape index (κ1) is 22.9. The lowest BCUT2D eigenvalue weighted by atomic mass is 10.0. The number of benzene rings is 1. The average molecular weight is 459 g/mol. The Labute approximate surface area is 190 Å². The van der Waals surface area contributed by atoms with Gasteiger partial charge in [0.15, 0.2) is 11.6 Å². The third-order valence-electron chi connectivity index (χ3n) is 5.96. The molecule has 0 radical (unpaired) electrons. The van der Waals surface area contributed by atoms with Crippen molar-refractivity contribution >= 4 is 11.6 Å². The molecule has 0 bridgehead atoms. The Morgan fingerprint density at radius 2 is 1.82 bits per heavy atom. The van der Waals surface area contributed by atoms with Crippen molar-refractivity contribution in [3.05, 3.63) is 77.1 Å². The maximum Gasteiger partial charge on any atom is 0.416 e. The van der Waals surface area contributed by atoms with Crippen LogP contribution in [0.1, 0.15) is 48.2 Å². The summed E-state index contributed by atoms with van der Waals surface area (Å²) in [5.41, 5.74) is 1.92. The van der Waals surface area contributed by atoms with Crippen molar-refractivity contribution in [1.82, 2.24) is 15.0 Å². The first-order valence-corrected chi connectivity index (χ1v) is 10.9. The molecule has 0 spiro atoms. The molecule has 1 aromatic carbocycles. The predicted octanol–water partition coefficient (Wildman–Crippen LogP) is 5.57. The maximum absolute atomic E-state index is 15.5. The molecule has 1 saturated heterocycles. The van der Waals surface area contributed by atoms with Crippen molar-refractivity contribution in [2.45, 2.75) is 44.9 Å². The topological polar surface area (TPSA) is 45.2 Å². The van der Waals surface area contributed by atoms with Gasteiger partial charge in [0.1, 0.15) is 6.33 Å². The molecule has 0 N–H and O–H groups in total. The second-order valence-corrected chi connectivity index (χ2v) is 8.17. The van der Waals surface area contributed by atoms with Crippen LogP contribution in [-0.2, 0) is 19.1 Å². The standard InChI is InChI=1S/C24H25F4N5/c1-3-16-6-11-19(29-13-16)14-32(2)22-21(25)23(31-15-30-22)33-12-4-5-20(33)17-7-9-18(10-8-17)24(26,27)28/h6-11,13,15,20H,3-5,12,14H2,1-2H3. The molecule has 1 aliphatic rings. The SMILES string of the molecule is CCc1ccc(CN(C)c2ncnc(N3CCCC3c3ccc(C(F)(F)F)cc3)c2F)nc1. The van der Waals surface area contributed by atoms with E-state index in [-0.39, 0.29) is 17.7 Å². The number of rotatable bonds is 6. The molecule has 1 fully saturated rings. The smallest absolute Gasteiger partial charge is 0.351 e. The van der Waals surface area contributed by atoms with Gasteiger partial charge in [-0.15, -0.1) is 0 Å². The normalized spacial score (nSPS) is 16.3. The summed E-state index contributed by atoms with van der Waals surface area (Å²) < 4.78 is 54.3. The van der Waals surface area contributed by atoms with E-state index in [4.69, 9.17) is 0 Å². The van der Waals surface area contributed by atoms with Gasteiger partial charge in [-0.2, -0.15) is 17.6 Å². The molecule has 3 heterocycles. The van der Waals surface area contributed by atoms with Crippen LogP contribution in [0.25, 0.3) is 0 Å². The van der Waals surface area contributed by atoms with Crippen LogP contribution in [-0.4, -0.2) is 28.5 Å². The minimum atomic E-state index is -4.39. The zero-order chi connectivity index (χ0) is 23.6. The first-order chi connectivity index (χ1) is 15.8. The number of anilines is 2. The molecule has 3 aromatic rings. The second-order valence-electron chi connectivity index (χ2n) is 8.17. The molecule has 1 aliphatic heterocycles. The van der Waals surface area contributed by atoms with E-state index >= 15 is 4.39 Å². The molecular weight excluding hydrogens is 434 g/mol. The summed E-state index contributed by atoms with van der Waals surface area (Å²) in [6.07, 6.45) is 1.12. The number of halogens is 4. The Morgan fingerprint density at radius 1 is 1.06 bits per heavy atom. The van der Waals surface area contributed by atoms with Crippen LogP contribution >= 0.6 is 0 Å². The molecule has 1 unspecified atom stereocenters. The highest BCUT2D eigenvalue weighted by molar-refractivity contribution is 5.54. The van der Waals surface area contributed by atoms with Gasteiger partial charge in [0.05, 0.1) is 23.8 Å². The lowest BCUT2D eigenvalue weighted by Gasteiger charge is -2.28. The zero-order valence-electron chi connectivity index (χ0n) is 18.5. The van der Waals surface area contributed by atoms with Crippen LogP contribution in [0, 0.1) is 5.82 Å². The second kappa shape index (κ2) is 9.33. The highest BCUT2D eigenvalue weighted by atomic mass is 19.4. The van der Waals surface area contributed by atoms with Crippen LogP contribution < -0.4 is 9.80 Å². The van der Waals surface area contributed by atoms with Crippen molar-refractivity contribution < 1.29 is 17.6 Å². The Bertz CT molecular complexity index is 1080. The van der Waals surface area contributed by atoms with Gasteiger partial charge in [-0.1, -0.05) is 25.1 Å². The largest absolute Gasteiger partial charge is 0.416 e. The molecule has 1 atom stereocenters. The molecule has 0 amide bonds. The Hall–Kier alpha value is -3.23. The quantitative estimate of drug-likeness (QED) is 0.451. The molecule has 2 aromatic heterocycles. The van der Waals surface area contributed by atoms with E-state index in [2.05, 4.69) is 21.9 Å².